The largest absolute Gasteiger partial charge is 0.481 e. The van der Waals surface area contributed by atoms with Crippen molar-refractivity contribution in [3.63, 3.8) is 0 Å². The van der Waals surface area contributed by atoms with Gasteiger partial charge in [-0.1, -0.05) is 0 Å². The van der Waals surface area contributed by atoms with Gasteiger partial charge in [-0.2, -0.15) is 13.2 Å². The third-order valence-corrected chi connectivity index (χ3v) is 4.25. The van der Waals surface area contributed by atoms with Crippen molar-refractivity contribution in [2.24, 2.45) is 0 Å². The standard InChI is InChI=1S/C20H15F3N2O6/c1-11(19(27)24-10-20(21,22)23)30-14-6-7-15-16(9-18(26)31-17(15)8-14)12-2-4-13(5-3-12)25(28)29/h2-9,11H,10H2,1H3,(H,24,27). The lowest BCUT2D eigenvalue weighted by atomic mass is 10.0. The molecule has 162 valence electrons. The molecule has 2 aromatic carbocycles. The third kappa shape index (κ3) is 5.38. The Morgan fingerprint density at radius 1 is 1.19 bits per heavy atom. The second-order valence-electron chi connectivity index (χ2n) is 6.53. The topological polar surface area (TPSA) is 112 Å². The smallest absolute Gasteiger partial charge is 0.405 e. The Kier molecular flexibility index (Phi) is 5.95. The molecule has 11 heteroatoms. The zero-order chi connectivity index (χ0) is 22.8. The summed E-state index contributed by atoms with van der Waals surface area (Å²) >= 11 is 0. The molecule has 0 aliphatic rings. The third-order valence-electron chi connectivity index (χ3n) is 4.25. The fraction of sp³-hybridized carbons (Fsp3) is 0.200. The lowest BCUT2D eigenvalue weighted by molar-refractivity contribution is -0.384. The average molecular weight is 436 g/mol. The zero-order valence-electron chi connectivity index (χ0n) is 15.9. The van der Waals surface area contributed by atoms with Gasteiger partial charge in [0, 0.05) is 29.7 Å². The second-order valence-corrected chi connectivity index (χ2v) is 6.53. The van der Waals surface area contributed by atoms with Gasteiger partial charge in [0.25, 0.3) is 11.6 Å². The van der Waals surface area contributed by atoms with Gasteiger partial charge >= 0.3 is 11.8 Å². The van der Waals surface area contributed by atoms with Gasteiger partial charge in [-0.3, -0.25) is 14.9 Å². The van der Waals surface area contributed by atoms with E-state index in [0.29, 0.717) is 16.5 Å². The molecule has 1 unspecified atom stereocenters. The van der Waals surface area contributed by atoms with Crippen LogP contribution in [0, 0.1) is 10.1 Å². The highest BCUT2D eigenvalue weighted by Crippen LogP contribution is 2.31. The summed E-state index contributed by atoms with van der Waals surface area (Å²) < 4.78 is 47.2. The van der Waals surface area contributed by atoms with E-state index in [1.54, 1.807) is 11.4 Å². The van der Waals surface area contributed by atoms with Crippen LogP contribution in [0.5, 0.6) is 5.75 Å². The summed E-state index contributed by atoms with van der Waals surface area (Å²) in [6, 6.07) is 11.2. The van der Waals surface area contributed by atoms with Crippen molar-refractivity contribution in [1.82, 2.24) is 5.32 Å². The van der Waals surface area contributed by atoms with Crippen LogP contribution >= 0.6 is 0 Å². The Hall–Kier alpha value is -3.89. The van der Waals surface area contributed by atoms with Gasteiger partial charge in [0.15, 0.2) is 6.10 Å². The van der Waals surface area contributed by atoms with E-state index in [4.69, 9.17) is 9.15 Å². The summed E-state index contributed by atoms with van der Waals surface area (Å²) in [6.07, 6.45) is -5.78. The summed E-state index contributed by atoms with van der Waals surface area (Å²) in [5, 5.41) is 13.0. The van der Waals surface area contributed by atoms with E-state index in [1.165, 1.54) is 49.4 Å². The molecule has 31 heavy (non-hydrogen) atoms. The van der Waals surface area contributed by atoms with Crippen LogP contribution in [0.4, 0.5) is 18.9 Å². The molecule has 0 saturated carbocycles. The number of alkyl halides is 3. The number of fused-ring (bicyclic) bond motifs is 1. The van der Waals surface area contributed by atoms with Crippen LogP contribution in [0.15, 0.2) is 57.7 Å². The number of nitro benzene ring substituents is 1. The Morgan fingerprint density at radius 3 is 2.48 bits per heavy atom. The first-order valence-electron chi connectivity index (χ1n) is 8.87. The molecule has 0 aliphatic heterocycles. The summed E-state index contributed by atoms with van der Waals surface area (Å²) in [7, 11) is 0. The van der Waals surface area contributed by atoms with Crippen LogP contribution < -0.4 is 15.7 Å². The molecule has 1 amide bonds. The summed E-state index contributed by atoms with van der Waals surface area (Å²) in [6.45, 7) is -0.204. The number of carbonyl (C=O) groups excluding carboxylic acids is 1. The highest BCUT2D eigenvalue weighted by molar-refractivity contribution is 5.94. The van der Waals surface area contributed by atoms with E-state index in [0.717, 1.165) is 0 Å². The first-order valence-corrected chi connectivity index (χ1v) is 8.87. The van der Waals surface area contributed by atoms with Crippen LogP contribution in [0.25, 0.3) is 22.1 Å². The van der Waals surface area contributed by atoms with Crippen LogP contribution in [0.3, 0.4) is 0 Å². The minimum Gasteiger partial charge on any atom is -0.481 e. The number of amides is 1. The number of ether oxygens (including phenoxy) is 1. The number of hydrogen-bond acceptors (Lipinski definition) is 6. The van der Waals surface area contributed by atoms with E-state index >= 15 is 0 Å². The van der Waals surface area contributed by atoms with Gasteiger partial charge in [0.2, 0.25) is 0 Å². The molecule has 8 nitrogen and oxygen atoms in total. The van der Waals surface area contributed by atoms with Crippen molar-refractivity contribution < 1.29 is 32.0 Å². The van der Waals surface area contributed by atoms with Crippen LogP contribution in [0.1, 0.15) is 6.92 Å². The van der Waals surface area contributed by atoms with Crippen molar-refractivity contribution in [1.29, 1.82) is 0 Å². The number of halogens is 3. The average Bonchev–Trinajstić information content (AvgIpc) is 2.70. The van der Waals surface area contributed by atoms with Crippen molar-refractivity contribution in [3.05, 3.63) is 69.1 Å². The van der Waals surface area contributed by atoms with Crippen molar-refractivity contribution >= 4 is 22.6 Å². The second kappa shape index (κ2) is 8.46. The number of nitrogens with one attached hydrogen (secondary N) is 1. The fourth-order valence-electron chi connectivity index (χ4n) is 2.81. The first-order chi connectivity index (χ1) is 14.5. The maximum Gasteiger partial charge on any atom is 0.405 e. The highest BCUT2D eigenvalue weighted by Gasteiger charge is 2.29. The van der Waals surface area contributed by atoms with Gasteiger partial charge in [0.1, 0.15) is 17.9 Å². The van der Waals surface area contributed by atoms with E-state index in [-0.39, 0.29) is 17.0 Å². The SMILES string of the molecule is CC(Oc1ccc2c(-c3ccc([N+](=O)[O-])cc3)cc(=O)oc2c1)C(=O)NCC(F)(F)F. The summed E-state index contributed by atoms with van der Waals surface area (Å²) in [5.41, 5.74) is 0.320. The molecule has 0 aliphatic carbocycles. The number of nitro groups is 1. The quantitative estimate of drug-likeness (QED) is 0.357. The normalized spacial score (nSPS) is 12.4. The number of benzene rings is 2. The zero-order valence-corrected chi connectivity index (χ0v) is 15.9. The lowest BCUT2D eigenvalue weighted by Crippen LogP contribution is -2.41. The summed E-state index contributed by atoms with van der Waals surface area (Å²) in [5.74, 6) is -0.857. The van der Waals surface area contributed by atoms with Crippen LogP contribution in [0.2, 0.25) is 0 Å². The van der Waals surface area contributed by atoms with Gasteiger partial charge in [-0.05, 0) is 42.3 Å². The van der Waals surface area contributed by atoms with Crippen LogP contribution in [-0.4, -0.2) is 29.7 Å². The first kappa shape index (κ1) is 21.8. The van der Waals surface area contributed by atoms with E-state index in [9.17, 15) is 32.9 Å². The number of hydrogen-bond donors (Lipinski definition) is 1. The van der Waals surface area contributed by atoms with Gasteiger partial charge < -0.3 is 14.5 Å². The van der Waals surface area contributed by atoms with E-state index in [1.807, 2.05) is 0 Å². The Morgan fingerprint density at radius 2 is 1.87 bits per heavy atom. The number of non-ortho nitro benzene ring substituents is 1. The minimum atomic E-state index is -4.55. The monoisotopic (exact) mass is 436 g/mol. The van der Waals surface area contributed by atoms with Gasteiger partial charge in [-0.25, -0.2) is 4.79 Å². The molecule has 0 bridgehead atoms. The molecular weight excluding hydrogens is 421 g/mol. The number of rotatable bonds is 6. The Bertz CT molecular complexity index is 1190. The fourth-order valence-corrected chi connectivity index (χ4v) is 2.81. The summed E-state index contributed by atoms with van der Waals surface area (Å²) in [4.78, 5) is 34.0. The van der Waals surface area contributed by atoms with Gasteiger partial charge in [0.05, 0.1) is 4.92 Å². The van der Waals surface area contributed by atoms with Crippen molar-refractivity contribution in [2.45, 2.75) is 19.2 Å². The Labute approximate surface area is 172 Å². The van der Waals surface area contributed by atoms with Crippen molar-refractivity contribution in [2.75, 3.05) is 6.54 Å². The predicted molar refractivity (Wildman–Crippen MR) is 104 cm³/mol. The molecule has 3 rings (SSSR count). The minimum absolute atomic E-state index is 0.103. The molecule has 0 radical (unpaired) electrons. The van der Waals surface area contributed by atoms with Crippen LogP contribution in [-0.2, 0) is 4.79 Å². The molecule has 1 aromatic heterocycles. The maximum absolute atomic E-state index is 12.2. The molecule has 1 heterocycles. The molecule has 1 N–H and O–H groups in total. The molecule has 0 fully saturated rings. The van der Waals surface area contributed by atoms with Gasteiger partial charge in [-0.15, -0.1) is 0 Å². The molecule has 0 spiro atoms. The predicted octanol–water partition coefficient (Wildman–Crippen LogP) is 3.81. The maximum atomic E-state index is 12.2. The number of carbonyl (C=O) groups is 1. The number of nitrogens with zero attached hydrogens (tertiary/aromatic N) is 1. The van der Waals surface area contributed by atoms with Crippen molar-refractivity contribution in [3.8, 4) is 16.9 Å². The Balaban J connectivity index is 1.87. The van der Waals surface area contributed by atoms with E-state index < -0.39 is 35.3 Å². The lowest BCUT2D eigenvalue weighted by Gasteiger charge is -2.16. The molecule has 0 saturated heterocycles. The highest BCUT2D eigenvalue weighted by atomic mass is 19.4. The molecule has 1 atom stereocenters. The molecule has 3 aromatic rings. The van der Waals surface area contributed by atoms with E-state index in [2.05, 4.69) is 0 Å². The molecular formula is C20H15F3N2O6.